The second-order valence-electron chi connectivity index (χ2n) is 9.05. The molecule has 2 aromatic carbocycles. The standard InChI is InChI=1S/C26H24BCl2FN6O4/c1-14(27-39)23(21-17(28)7-8-18(30)22(21)29)40-20-13-19(33-34-24(20)31)25(37)32-16-5-3-15(4-6-16)26(38)36-11-9-35(2)10-12-36/h3-8,13,23H,1,9-12H2,2H3,(H2,31,34)(H,32,37). The Morgan fingerprint density at radius 3 is 2.45 bits per heavy atom. The van der Waals surface area contributed by atoms with Gasteiger partial charge in [0.25, 0.3) is 5.91 Å². The first kappa shape index (κ1) is 29.1. The molecule has 14 heteroatoms. The van der Waals surface area contributed by atoms with Crippen LogP contribution in [0.25, 0.3) is 0 Å². The Bertz CT molecular complexity index is 1470. The number of nitrogens with zero attached hydrogens (tertiary/aromatic N) is 4. The maximum absolute atomic E-state index is 14.2. The van der Waals surface area contributed by atoms with Crippen molar-refractivity contribution in [2.75, 3.05) is 44.3 Å². The summed E-state index contributed by atoms with van der Waals surface area (Å²) in [7, 11) is 2.41. The normalized spacial score (nSPS) is 14.2. The molecular formula is C26H24BCl2FN6O4. The molecule has 0 saturated carbocycles. The molecule has 1 fully saturated rings. The van der Waals surface area contributed by atoms with Crippen molar-refractivity contribution in [2.45, 2.75) is 6.10 Å². The minimum absolute atomic E-state index is 0.0208. The number of aromatic nitrogens is 2. The Balaban J connectivity index is 1.51. The van der Waals surface area contributed by atoms with Crippen LogP contribution in [-0.4, -0.2) is 72.2 Å². The first-order chi connectivity index (χ1) is 19.1. The third kappa shape index (κ3) is 6.47. The van der Waals surface area contributed by atoms with Gasteiger partial charge in [0.2, 0.25) is 0 Å². The van der Waals surface area contributed by atoms with Gasteiger partial charge in [0.05, 0.1) is 0 Å². The van der Waals surface area contributed by atoms with Crippen molar-refractivity contribution in [3.8, 4) is 5.75 Å². The molecule has 10 nitrogen and oxygen atoms in total. The number of likely N-dealkylation sites (N-methyl/N-ethyl adjacent to an activating group) is 1. The van der Waals surface area contributed by atoms with Gasteiger partial charge in [-0.3, -0.25) is 4.79 Å². The van der Waals surface area contributed by atoms with Crippen molar-refractivity contribution >= 4 is 53.7 Å². The molecule has 3 N–H and O–H groups in total. The fraction of sp³-hybridized carbons (Fsp3) is 0.231. The number of anilines is 2. The summed E-state index contributed by atoms with van der Waals surface area (Å²) in [6.07, 6.45) is -1.33. The van der Waals surface area contributed by atoms with E-state index in [1.165, 1.54) is 12.1 Å². The number of rotatable bonds is 8. The number of carbonyl (C=O) groups is 2. The van der Waals surface area contributed by atoms with Crippen molar-refractivity contribution in [1.29, 1.82) is 0 Å². The maximum atomic E-state index is 14.2. The molecule has 1 unspecified atom stereocenters. The Hall–Kier alpha value is -3.87. The Morgan fingerprint density at radius 2 is 1.80 bits per heavy atom. The van der Waals surface area contributed by atoms with Gasteiger partial charge in [-0.2, -0.15) is 0 Å². The molecule has 0 spiro atoms. The molecule has 1 atom stereocenters. The van der Waals surface area contributed by atoms with Crippen molar-refractivity contribution in [3.05, 3.63) is 87.2 Å². The van der Waals surface area contributed by atoms with E-state index in [2.05, 4.69) is 27.0 Å². The summed E-state index contributed by atoms with van der Waals surface area (Å²) in [5.41, 5.74) is 6.46. The van der Waals surface area contributed by atoms with Gasteiger partial charge in [-0.1, -0.05) is 0 Å². The zero-order chi connectivity index (χ0) is 29.0. The van der Waals surface area contributed by atoms with Gasteiger partial charge in [0.1, 0.15) is 0 Å². The topological polar surface area (TPSA) is 131 Å². The van der Waals surface area contributed by atoms with E-state index in [0.29, 0.717) is 31.5 Å². The summed E-state index contributed by atoms with van der Waals surface area (Å²) in [5, 5.41) is 9.89. The molecule has 2 amide bonds. The number of hydrogen-bond donors (Lipinski definition) is 2. The number of piperazine rings is 1. The summed E-state index contributed by atoms with van der Waals surface area (Å²) in [6, 6.07) is 9.97. The number of benzene rings is 2. The zero-order valence-corrected chi connectivity index (χ0v) is 22.9. The van der Waals surface area contributed by atoms with Crippen LogP contribution in [0.15, 0.2) is 54.5 Å². The van der Waals surface area contributed by atoms with Gasteiger partial charge in [0, 0.05) is 26.2 Å². The number of nitrogens with one attached hydrogen (secondary N) is 1. The van der Waals surface area contributed by atoms with Crippen LogP contribution in [-0.2, 0) is 4.70 Å². The molecule has 3 aromatic rings. The van der Waals surface area contributed by atoms with E-state index < -0.39 is 17.8 Å². The molecule has 0 aliphatic carbocycles. The van der Waals surface area contributed by atoms with Crippen LogP contribution >= 0.6 is 23.2 Å². The number of halogens is 3. The van der Waals surface area contributed by atoms with Crippen LogP contribution in [0.4, 0.5) is 15.9 Å². The molecule has 1 aromatic heterocycles. The molecule has 1 aliphatic rings. The van der Waals surface area contributed by atoms with Crippen molar-refractivity contribution in [3.63, 3.8) is 0 Å². The fourth-order valence-corrected chi connectivity index (χ4v) is 4.53. The summed E-state index contributed by atoms with van der Waals surface area (Å²) >= 11 is 12.3. The van der Waals surface area contributed by atoms with Gasteiger partial charge < -0.3 is 9.80 Å². The molecule has 2 heterocycles. The van der Waals surface area contributed by atoms with Gasteiger partial charge >= 0.3 is 187 Å². The molecule has 40 heavy (non-hydrogen) atoms. The number of nitrogens with two attached hydrogens (primary N) is 1. The Kier molecular flexibility index (Phi) is 9.13. The van der Waals surface area contributed by atoms with Crippen LogP contribution in [0.3, 0.4) is 0 Å². The predicted octanol–water partition coefficient (Wildman–Crippen LogP) is 3.83. The van der Waals surface area contributed by atoms with E-state index in [4.69, 9.17) is 33.7 Å². The third-order valence-electron chi connectivity index (χ3n) is 6.27. The summed E-state index contributed by atoms with van der Waals surface area (Å²) in [4.78, 5) is 29.6. The quantitative estimate of drug-likeness (QED) is 0.302. The molecule has 0 bridgehead atoms. The second-order valence-corrected chi connectivity index (χ2v) is 9.84. The Labute approximate surface area is 240 Å². The number of hydrogen-bond acceptors (Lipinski definition) is 8. The number of nitrogen functional groups attached to an aromatic ring is 1. The Morgan fingerprint density at radius 1 is 1.12 bits per heavy atom. The van der Waals surface area contributed by atoms with Crippen LogP contribution < -0.4 is 15.8 Å². The van der Waals surface area contributed by atoms with Crippen molar-refractivity contribution < 1.29 is 23.4 Å². The van der Waals surface area contributed by atoms with Crippen molar-refractivity contribution in [1.82, 2.24) is 20.0 Å². The van der Waals surface area contributed by atoms with Crippen LogP contribution in [0.2, 0.25) is 10.0 Å². The average Bonchev–Trinajstić information content (AvgIpc) is 2.95. The molecule has 4 rings (SSSR count). The van der Waals surface area contributed by atoms with E-state index in [9.17, 15) is 18.7 Å². The van der Waals surface area contributed by atoms with Crippen LogP contribution in [0.5, 0.6) is 5.75 Å². The van der Waals surface area contributed by atoms with Crippen molar-refractivity contribution in [2.24, 2.45) is 0 Å². The number of amides is 2. The van der Waals surface area contributed by atoms with E-state index >= 15 is 0 Å². The van der Waals surface area contributed by atoms with E-state index in [-0.39, 0.29) is 44.2 Å². The molecular weight excluding hydrogens is 561 g/mol. The zero-order valence-electron chi connectivity index (χ0n) is 21.4. The first-order valence-corrected chi connectivity index (χ1v) is 12.8. The van der Waals surface area contributed by atoms with Gasteiger partial charge in [-0.25, -0.2) is 0 Å². The predicted molar refractivity (Wildman–Crippen MR) is 150 cm³/mol. The van der Waals surface area contributed by atoms with E-state index in [0.717, 1.165) is 19.2 Å². The third-order valence-corrected chi connectivity index (χ3v) is 6.99. The monoisotopic (exact) mass is 584 g/mol. The summed E-state index contributed by atoms with van der Waals surface area (Å²) in [5.74, 6) is -1.87. The van der Waals surface area contributed by atoms with Crippen LogP contribution in [0.1, 0.15) is 32.5 Å². The minimum atomic E-state index is -1.33. The average molecular weight is 585 g/mol. The molecule has 0 radical (unpaired) electrons. The van der Waals surface area contributed by atoms with Gasteiger partial charge in [-0.05, 0) is 7.05 Å². The SMILES string of the molecule is C=C(B=O)C(Oc1cc(C(=O)Nc2ccc(C(=O)N3CCN(C)CC3)cc2)nnc1N)c1c(Cl)ccc(F)c1Cl. The fourth-order valence-electron chi connectivity index (χ4n) is 3.96. The molecule has 206 valence electrons. The summed E-state index contributed by atoms with van der Waals surface area (Å²) in [6.45, 7) is 6.54. The van der Waals surface area contributed by atoms with E-state index in [1.807, 2.05) is 7.05 Å². The first-order valence-electron chi connectivity index (χ1n) is 12.1. The number of ether oxygens (including phenoxy) is 1. The molecule has 1 saturated heterocycles. The van der Waals surface area contributed by atoms with Crippen LogP contribution in [0, 0.1) is 5.82 Å². The van der Waals surface area contributed by atoms with Gasteiger partial charge in [0.15, 0.2) is 0 Å². The van der Waals surface area contributed by atoms with E-state index in [1.54, 1.807) is 29.2 Å². The summed E-state index contributed by atoms with van der Waals surface area (Å²) < 4.78 is 31.5. The second kappa shape index (κ2) is 12.5. The number of carbonyl (C=O) groups excluding carboxylic acids is 2. The molecule has 1 aliphatic heterocycles. The van der Waals surface area contributed by atoms with Gasteiger partial charge in [-0.15, -0.1) is 0 Å².